The van der Waals surface area contributed by atoms with Crippen LogP contribution in [0.4, 0.5) is 4.79 Å². The van der Waals surface area contributed by atoms with Crippen LogP contribution >= 0.6 is 0 Å². The number of urea groups is 1. The number of amides is 5. The lowest BCUT2D eigenvalue weighted by Gasteiger charge is -2.36. The van der Waals surface area contributed by atoms with Crippen LogP contribution in [-0.4, -0.2) is 59.7 Å². The third kappa shape index (κ3) is 3.97. The molecule has 1 aliphatic heterocycles. The van der Waals surface area contributed by atoms with Gasteiger partial charge in [-0.3, -0.25) is 19.3 Å². The number of nitrogens with zero attached hydrogens (tertiary/aromatic N) is 2. The standard InChI is InChI=1S/C21H28N4O4/c1-14-6-4-5-11-21(14)19(28)25(20(29)23-21)13-17(26)24(3)12-15-7-9-16(10-8-15)18(27)22-2/h7-10,14H,4-6,11-13H2,1-3H3,(H,22,27)(H,23,29)/t14-,21-/m0/s1. The van der Waals surface area contributed by atoms with Crippen molar-refractivity contribution in [2.75, 3.05) is 20.6 Å². The largest absolute Gasteiger partial charge is 0.355 e. The fourth-order valence-corrected chi connectivity index (χ4v) is 4.16. The molecule has 2 aliphatic rings. The van der Waals surface area contributed by atoms with Crippen LogP contribution in [-0.2, 0) is 16.1 Å². The van der Waals surface area contributed by atoms with Gasteiger partial charge in [-0.2, -0.15) is 0 Å². The minimum absolute atomic E-state index is 0.0596. The van der Waals surface area contributed by atoms with E-state index in [-0.39, 0.29) is 30.2 Å². The van der Waals surface area contributed by atoms with Crippen molar-refractivity contribution in [3.8, 4) is 0 Å². The van der Waals surface area contributed by atoms with Crippen molar-refractivity contribution < 1.29 is 19.2 Å². The first kappa shape index (κ1) is 20.8. The predicted octanol–water partition coefficient (Wildman–Crippen LogP) is 1.51. The molecule has 0 bridgehead atoms. The second kappa shape index (κ2) is 8.23. The Morgan fingerprint density at radius 3 is 2.55 bits per heavy atom. The average Bonchev–Trinajstić information content (AvgIpc) is 2.95. The maximum atomic E-state index is 13.0. The first-order valence-corrected chi connectivity index (χ1v) is 9.97. The maximum Gasteiger partial charge on any atom is 0.325 e. The lowest BCUT2D eigenvalue weighted by atomic mass is 9.73. The molecule has 8 nitrogen and oxygen atoms in total. The molecule has 1 spiro atoms. The monoisotopic (exact) mass is 400 g/mol. The lowest BCUT2D eigenvalue weighted by Crippen LogP contribution is -2.54. The van der Waals surface area contributed by atoms with Crippen LogP contribution in [0, 0.1) is 5.92 Å². The molecule has 29 heavy (non-hydrogen) atoms. The van der Waals surface area contributed by atoms with E-state index in [0.29, 0.717) is 18.5 Å². The molecule has 8 heteroatoms. The van der Waals surface area contributed by atoms with Gasteiger partial charge in [0.05, 0.1) is 0 Å². The molecule has 2 fully saturated rings. The van der Waals surface area contributed by atoms with Crippen LogP contribution in [0.5, 0.6) is 0 Å². The van der Waals surface area contributed by atoms with E-state index in [2.05, 4.69) is 10.6 Å². The highest BCUT2D eigenvalue weighted by atomic mass is 16.2. The lowest BCUT2D eigenvalue weighted by molar-refractivity contribution is -0.140. The Morgan fingerprint density at radius 1 is 1.24 bits per heavy atom. The Morgan fingerprint density at radius 2 is 1.93 bits per heavy atom. The quantitative estimate of drug-likeness (QED) is 0.732. The molecule has 0 radical (unpaired) electrons. The van der Waals surface area contributed by atoms with Crippen molar-refractivity contribution >= 4 is 23.8 Å². The van der Waals surface area contributed by atoms with E-state index in [9.17, 15) is 19.2 Å². The molecule has 2 N–H and O–H groups in total. The Kier molecular flexibility index (Phi) is 5.91. The van der Waals surface area contributed by atoms with Crippen molar-refractivity contribution in [2.45, 2.75) is 44.7 Å². The molecule has 1 aliphatic carbocycles. The van der Waals surface area contributed by atoms with Gasteiger partial charge in [-0.15, -0.1) is 0 Å². The Hall–Kier alpha value is -2.90. The molecule has 156 valence electrons. The summed E-state index contributed by atoms with van der Waals surface area (Å²) in [6, 6.07) is 6.46. The van der Waals surface area contributed by atoms with Gasteiger partial charge in [0.1, 0.15) is 12.1 Å². The van der Waals surface area contributed by atoms with Gasteiger partial charge in [0.15, 0.2) is 0 Å². The molecule has 3 rings (SSSR count). The Labute approximate surface area is 170 Å². The third-order valence-electron chi connectivity index (χ3n) is 6.08. The topological polar surface area (TPSA) is 98.8 Å². The minimum Gasteiger partial charge on any atom is -0.355 e. The summed E-state index contributed by atoms with van der Waals surface area (Å²) in [5.74, 6) is -0.717. The Balaban J connectivity index is 1.63. The zero-order valence-electron chi connectivity index (χ0n) is 17.2. The molecule has 0 aromatic heterocycles. The SMILES string of the molecule is CNC(=O)c1ccc(CN(C)C(=O)CN2C(=O)N[C@]3(CCCC[C@@H]3C)C2=O)cc1. The van der Waals surface area contributed by atoms with Gasteiger partial charge in [-0.1, -0.05) is 31.9 Å². The highest BCUT2D eigenvalue weighted by molar-refractivity contribution is 6.09. The molecule has 5 amide bonds. The minimum atomic E-state index is -0.857. The molecular weight excluding hydrogens is 372 g/mol. The second-order valence-corrected chi connectivity index (χ2v) is 7.97. The van der Waals surface area contributed by atoms with Gasteiger partial charge in [0.25, 0.3) is 11.8 Å². The van der Waals surface area contributed by atoms with E-state index in [4.69, 9.17) is 0 Å². The normalized spacial score (nSPS) is 23.8. The molecule has 1 aromatic carbocycles. The molecular formula is C21H28N4O4. The first-order valence-electron chi connectivity index (χ1n) is 9.97. The summed E-state index contributed by atoms with van der Waals surface area (Å²) >= 11 is 0. The summed E-state index contributed by atoms with van der Waals surface area (Å²) in [7, 11) is 3.20. The number of benzene rings is 1. The van der Waals surface area contributed by atoms with Crippen molar-refractivity contribution in [2.24, 2.45) is 5.92 Å². The van der Waals surface area contributed by atoms with E-state index in [0.717, 1.165) is 29.7 Å². The first-order chi connectivity index (χ1) is 13.8. The number of rotatable bonds is 5. The van der Waals surface area contributed by atoms with E-state index in [1.807, 2.05) is 6.92 Å². The van der Waals surface area contributed by atoms with Gasteiger partial charge in [-0.05, 0) is 36.5 Å². The summed E-state index contributed by atoms with van der Waals surface area (Å²) in [6.45, 7) is 2.03. The van der Waals surface area contributed by atoms with Gasteiger partial charge in [0.2, 0.25) is 5.91 Å². The van der Waals surface area contributed by atoms with Crippen molar-refractivity contribution in [1.29, 1.82) is 0 Å². The second-order valence-electron chi connectivity index (χ2n) is 7.97. The Bertz CT molecular complexity index is 822. The number of imide groups is 1. The van der Waals surface area contributed by atoms with Crippen molar-refractivity contribution in [1.82, 2.24) is 20.4 Å². The van der Waals surface area contributed by atoms with Crippen LogP contribution in [0.15, 0.2) is 24.3 Å². The van der Waals surface area contributed by atoms with E-state index >= 15 is 0 Å². The number of nitrogens with one attached hydrogen (secondary N) is 2. The fourth-order valence-electron chi connectivity index (χ4n) is 4.16. The molecule has 1 aromatic rings. The zero-order valence-corrected chi connectivity index (χ0v) is 17.2. The number of hydrogen-bond donors (Lipinski definition) is 2. The molecule has 2 atom stereocenters. The summed E-state index contributed by atoms with van der Waals surface area (Å²) in [4.78, 5) is 52.2. The molecule has 1 saturated heterocycles. The van der Waals surface area contributed by atoms with E-state index in [1.54, 1.807) is 38.4 Å². The number of carbonyl (C=O) groups excluding carboxylic acids is 4. The van der Waals surface area contributed by atoms with Crippen LogP contribution < -0.4 is 10.6 Å². The summed E-state index contributed by atoms with van der Waals surface area (Å²) in [5, 5.41) is 5.42. The highest BCUT2D eigenvalue weighted by Gasteiger charge is 2.55. The summed E-state index contributed by atoms with van der Waals surface area (Å²) < 4.78 is 0. The smallest absolute Gasteiger partial charge is 0.325 e. The molecule has 1 saturated carbocycles. The van der Waals surface area contributed by atoms with Crippen LogP contribution in [0.25, 0.3) is 0 Å². The van der Waals surface area contributed by atoms with Crippen molar-refractivity contribution in [3.05, 3.63) is 35.4 Å². The fraction of sp³-hybridized carbons (Fsp3) is 0.524. The third-order valence-corrected chi connectivity index (χ3v) is 6.08. The van der Waals surface area contributed by atoms with E-state index < -0.39 is 11.6 Å². The van der Waals surface area contributed by atoms with Gasteiger partial charge >= 0.3 is 6.03 Å². The highest BCUT2D eigenvalue weighted by Crippen LogP contribution is 2.38. The van der Waals surface area contributed by atoms with Crippen LogP contribution in [0.3, 0.4) is 0 Å². The average molecular weight is 400 g/mol. The number of likely N-dealkylation sites (N-methyl/N-ethyl adjacent to an activating group) is 1. The zero-order chi connectivity index (χ0) is 21.2. The number of carbonyl (C=O) groups is 4. The molecule has 1 heterocycles. The van der Waals surface area contributed by atoms with Crippen molar-refractivity contribution in [3.63, 3.8) is 0 Å². The maximum absolute atomic E-state index is 13.0. The summed E-state index contributed by atoms with van der Waals surface area (Å²) in [6.07, 6.45) is 3.45. The number of hydrogen-bond acceptors (Lipinski definition) is 4. The predicted molar refractivity (Wildman–Crippen MR) is 107 cm³/mol. The van der Waals surface area contributed by atoms with E-state index in [1.165, 1.54) is 4.90 Å². The van der Waals surface area contributed by atoms with Gasteiger partial charge in [0, 0.05) is 26.2 Å². The van der Waals surface area contributed by atoms with Gasteiger partial charge < -0.3 is 15.5 Å². The van der Waals surface area contributed by atoms with Crippen LogP contribution in [0.1, 0.15) is 48.5 Å². The summed E-state index contributed by atoms with van der Waals surface area (Å²) in [5.41, 5.74) is 0.531. The van der Waals surface area contributed by atoms with Crippen LogP contribution in [0.2, 0.25) is 0 Å². The van der Waals surface area contributed by atoms with Gasteiger partial charge in [-0.25, -0.2) is 4.79 Å². The molecule has 0 unspecified atom stereocenters.